The fourth-order valence-electron chi connectivity index (χ4n) is 2.28. The molecule has 0 atom stereocenters. The Hall–Kier alpha value is -3.08. The lowest BCUT2D eigenvalue weighted by atomic mass is 10.1. The summed E-state index contributed by atoms with van der Waals surface area (Å²) in [6.45, 7) is 0. The second kappa shape index (κ2) is 4.79. The van der Waals surface area contributed by atoms with Crippen LogP contribution in [0.2, 0.25) is 0 Å². The fourth-order valence-corrected chi connectivity index (χ4v) is 2.28. The van der Waals surface area contributed by atoms with Gasteiger partial charge in [0.05, 0.1) is 4.92 Å². The minimum atomic E-state index is -0.489. The van der Waals surface area contributed by atoms with Crippen molar-refractivity contribution in [2.45, 2.75) is 0 Å². The van der Waals surface area contributed by atoms with Gasteiger partial charge in [0, 0.05) is 22.9 Å². The summed E-state index contributed by atoms with van der Waals surface area (Å²) in [5.41, 5.74) is 0.791. The van der Waals surface area contributed by atoms with E-state index in [0.717, 1.165) is 0 Å². The van der Waals surface area contributed by atoms with E-state index in [9.17, 15) is 20.3 Å². The van der Waals surface area contributed by atoms with Crippen molar-refractivity contribution in [3.05, 3.63) is 80.2 Å². The lowest BCUT2D eigenvalue weighted by molar-refractivity contribution is -0.384. The molecule has 0 bridgehead atoms. The van der Waals surface area contributed by atoms with Crippen molar-refractivity contribution in [2.24, 2.45) is 0 Å². The average molecular weight is 280 g/mol. The summed E-state index contributed by atoms with van der Waals surface area (Å²) in [6, 6.07) is 12.6. The molecular formula is C16H10NO4-. The molecule has 5 heteroatoms. The zero-order valence-electron chi connectivity index (χ0n) is 10.8. The Morgan fingerprint density at radius 3 is 2.19 bits per heavy atom. The molecule has 0 heterocycles. The van der Waals surface area contributed by atoms with Gasteiger partial charge in [-0.15, -0.1) is 0 Å². The topological polar surface area (TPSA) is 86.4 Å². The summed E-state index contributed by atoms with van der Waals surface area (Å²) < 4.78 is 0. The number of nitro benzene ring substituents is 1. The van der Waals surface area contributed by atoms with Crippen LogP contribution in [0.3, 0.4) is 0 Å². The third kappa shape index (κ3) is 2.14. The van der Waals surface area contributed by atoms with Crippen LogP contribution >= 0.6 is 0 Å². The number of nitro groups is 1. The Labute approximate surface area is 119 Å². The van der Waals surface area contributed by atoms with E-state index in [-0.39, 0.29) is 22.8 Å². The molecule has 0 spiro atoms. The summed E-state index contributed by atoms with van der Waals surface area (Å²) in [7, 11) is 0. The van der Waals surface area contributed by atoms with Crippen molar-refractivity contribution < 1.29 is 15.1 Å². The largest absolute Gasteiger partial charge is 0.872 e. The standard InChI is InChI=1S/C16H11NO4/c18-15-12-3-1-2-4-13(12)16(19)14(15)9-10-5-7-11(8-6-10)17(20)21/h1-9,18-19H/p-1. The molecule has 0 saturated carbocycles. The van der Waals surface area contributed by atoms with E-state index < -0.39 is 4.92 Å². The van der Waals surface area contributed by atoms with Gasteiger partial charge in [0.1, 0.15) is 5.76 Å². The molecule has 0 aromatic heterocycles. The predicted octanol–water partition coefficient (Wildman–Crippen LogP) is 0.827. The van der Waals surface area contributed by atoms with Gasteiger partial charge in [-0.1, -0.05) is 30.0 Å². The van der Waals surface area contributed by atoms with Crippen LogP contribution in [0, 0.1) is 10.1 Å². The molecular weight excluding hydrogens is 270 g/mol. The van der Waals surface area contributed by atoms with Gasteiger partial charge in [0.2, 0.25) is 0 Å². The molecule has 1 aliphatic rings. The van der Waals surface area contributed by atoms with E-state index in [0.29, 0.717) is 16.0 Å². The Bertz CT molecular complexity index is 836. The second-order valence-corrected chi connectivity index (χ2v) is 4.63. The highest BCUT2D eigenvalue weighted by atomic mass is 16.6. The van der Waals surface area contributed by atoms with Gasteiger partial charge in [-0.25, -0.2) is 0 Å². The normalized spacial score (nSPS) is 15.3. The van der Waals surface area contributed by atoms with E-state index in [1.165, 1.54) is 30.3 Å². The SMILES string of the molecule is O=[N+]([O-])c1ccc(C=C2C([O-])=c3ccccc3=C2O)cc1. The van der Waals surface area contributed by atoms with E-state index in [1.807, 2.05) is 0 Å². The van der Waals surface area contributed by atoms with Crippen LogP contribution in [-0.4, -0.2) is 10.0 Å². The minimum Gasteiger partial charge on any atom is -0.872 e. The van der Waals surface area contributed by atoms with E-state index >= 15 is 0 Å². The van der Waals surface area contributed by atoms with Crippen molar-refractivity contribution in [3.63, 3.8) is 0 Å². The number of aliphatic hydroxyl groups is 1. The number of fused-ring (bicyclic) bond motifs is 1. The number of hydrogen-bond donors (Lipinski definition) is 1. The van der Waals surface area contributed by atoms with Crippen LogP contribution in [0.15, 0.2) is 54.1 Å². The summed E-state index contributed by atoms with van der Waals surface area (Å²) in [4.78, 5) is 10.1. The van der Waals surface area contributed by atoms with Gasteiger partial charge in [-0.2, -0.15) is 0 Å². The highest BCUT2D eigenvalue weighted by Crippen LogP contribution is 2.21. The average Bonchev–Trinajstić information content (AvgIpc) is 2.73. The Morgan fingerprint density at radius 1 is 1.00 bits per heavy atom. The maximum absolute atomic E-state index is 12.2. The molecule has 0 saturated heterocycles. The molecule has 3 rings (SSSR count). The molecule has 2 aromatic carbocycles. The molecule has 0 aliphatic heterocycles. The minimum absolute atomic E-state index is 0.0219. The first-order valence-electron chi connectivity index (χ1n) is 6.24. The summed E-state index contributed by atoms with van der Waals surface area (Å²) in [6.07, 6.45) is 1.53. The molecule has 5 nitrogen and oxygen atoms in total. The summed E-state index contributed by atoms with van der Waals surface area (Å²) in [5.74, 6) is -0.310. The lowest BCUT2D eigenvalue weighted by Gasteiger charge is -2.11. The highest BCUT2D eigenvalue weighted by molar-refractivity contribution is 5.88. The number of nitrogens with zero attached hydrogens (tertiary/aromatic N) is 1. The molecule has 0 radical (unpaired) electrons. The molecule has 0 fully saturated rings. The zero-order valence-corrected chi connectivity index (χ0v) is 10.8. The van der Waals surface area contributed by atoms with Crippen LogP contribution in [-0.2, 0) is 0 Å². The first-order valence-corrected chi connectivity index (χ1v) is 6.24. The molecule has 1 aliphatic carbocycles. The monoisotopic (exact) mass is 280 g/mol. The van der Waals surface area contributed by atoms with Crippen LogP contribution in [0.1, 0.15) is 5.56 Å². The number of aliphatic hydroxyl groups excluding tert-OH is 1. The smallest absolute Gasteiger partial charge is 0.269 e. The van der Waals surface area contributed by atoms with Crippen LogP contribution < -0.4 is 15.5 Å². The van der Waals surface area contributed by atoms with E-state index in [4.69, 9.17) is 0 Å². The van der Waals surface area contributed by atoms with Gasteiger partial charge in [-0.05, 0) is 29.0 Å². The van der Waals surface area contributed by atoms with Crippen LogP contribution in [0.25, 0.3) is 17.6 Å². The quantitative estimate of drug-likeness (QED) is 0.652. The van der Waals surface area contributed by atoms with Gasteiger partial charge < -0.3 is 10.2 Å². The van der Waals surface area contributed by atoms with Gasteiger partial charge in [0.25, 0.3) is 5.69 Å². The lowest BCUT2D eigenvalue weighted by Crippen LogP contribution is -2.26. The van der Waals surface area contributed by atoms with Crippen molar-refractivity contribution in [2.75, 3.05) is 0 Å². The van der Waals surface area contributed by atoms with Gasteiger partial charge >= 0.3 is 0 Å². The van der Waals surface area contributed by atoms with Crippen LogP contribution in [0.4, 0.5) is 5.69 Å². The summed E-state index contributed by atoms with van der Waals surface area (Å²) in [5, 5.41) is 33.9. The molecule has 0 unspecified atom stereocenters. The Kier molecular flexibility index (Phi) is 2.95. The van der Waals surface area contributed by atoms with Crippen molar-refractivity contribution in [1.29, 1.82) is 0 Å². The molecule has 0 amide bonds. The summed E-state index contributed by atoms with van der Waals surface area (Å²) >= 11 is 0. The third-order valence-electron chi connectivity index (χ3n) is 3.34. The Balaban J connectivity index is 2.09. The van der Waals surface area contributed by atoms with Crippen molar-refractivity contribution >= 4 is 23.3 Å². The first kappa shape index (κ1) is 12.9. The van der Waals surface area contributed by atoms with Crippen molar-refractivity contribution in [3.8, 4) is 0 Å². The molecule has 2 aromatic rings. The number of non-ortho nitro benzene ring substituents is 1. The van der Waals surface area contributed by atoms with E-state index in [1.54, 1.807) is 24.3 Å². The van der Waals surface area contributed by atoms with E-state index in [2.05, 4.69) is 0 Å². The zero-order chi connectivity index (χ0) is 15.0. The van der Waals surface area contributed by atoms with Crippen molar-refractivity contribution in [1.82, 2.24) is 0 Å². The Morgan fingerprint density at radius 2 is 1.62 bits per heavy atom. The number of benzene rings is 2. The molecule has 104 valence electrons. The van der Waals surface area contributed by atoms with Crippen LogP contribution in [0.5, 0.6) is 0 Å². The third-order valence-corrected chi connectivity index (χ3v) is 3.34. The second-order valence-electron chi connectivity index (χ2n) is 4.63. The molecule has 21 heavy (non-hydrogen) atoms. The number of hydrogen-bond acceptors (Lipinski definition) is 4. The number of rotatable bonds is 2. The first-order chi connectivity index (χ1) is 10.1. The van der Waals surface area contributed by atoms with Gasteiger partial charge in [0.15, 0.2) is 0 Å². The maximum Gasteiger partial charge on any atom is 0.269 e. The van der Waals surface area contributed by atoms with Gasteiger partial charge in [-0.3, -0.25) is 10.1 Å². The predicted molar refractivity (Wildman–Crippen MR) is 76.2 cm³/mol. The fraction of sp³-hybridized carbons (Fsp3) is 0. The maximum atomic E-state index is 12.2. The molecule has 1 N–H and O–H groups in total. The highest BCUT2D eigenvalue weighted by Gasteiger charge is 2.12.